The van der Waals surface area contributed by atoms with Gasteiger partial charge in [-0.3, -0.25) is 20.4 Å². The zero-order valence-corrected chi connectivity index (χ0v) is 8.92. The molecule has 6 heteroatoms. The first-order valence-electron chi connectivity index (χ1n) is 4.49. The van der Waals surface area contributed by atoms with Crippen LogP contribution < -0.4 is 10.9 Å². The monoisotopic (exact) mass is 214 g/mol. The standard InChI is InChI=1S/C9H14N2O4/c1-9(2,3)8(13)11-10-7(12)6-4-14-15-5-6/h4H,5H2,1-3H3,(H,10,12)(H,11,13). The Morgan fingerprint density at radius 3 is 2.47 bits per heavy atom. The van der Waals surface area contributed by atoms with Crippen LogP contribution in [-0.4, -0.2) is 18.4 Å². The molecule has 0 atom stereocenters. The topological polar surface area (TPSA) is 76.7 Å². The van der Waals surface area contributed by atoms with Crippen molar-refractivity contribution in [2.24, 2.45) is 5.41 Å². The number of carbonyl (C=O) groups excluding carboxylic acids is 2. The van der Waals surface area contributed by atoms with Crippen LogP contribution in [0, 0.1) is 5.41 Å². The Balaban J connectivity index is 2.37. The molecule has 0 aromatic heterocycles. The van der Waals surface area contributed by atoms with E-state index in [1.54, 1.807) is 20.8 Å². The summed E-state index contributed by atoms with van der Waals surface area (Å²) in [7, 11) is 0. The third kappa shape index (κ3) is 3.25. The Kier molecular flexibility index (Phi) is 3.31. The number of nitrogens with one attached hydrogen (secondary N) is 2. The van der Waals surface area contributed by atoms with E-state index in [0.717, 1.165) is 0 Å². The molecule has 0 saturated carbocycles. The fourth-order valence-corrected chi connectivity index (χ4v) is 0.724. The number of hydrogen-bond acceptors (Lipinski definition) is 4. The van der Waals surface area contributed by atoms with Gasteiger partial charge in [0, 0.05) is 5.41 Å². The van der Waals surface area contributed by atoms with Crippen LogP contribution >= 0.6 is 0 Å². The average Bonchev–Trinajstić information content (AvgIpc) is 2.64. The van der Waals surface area contributed by atoms with Crippen molar-refractivity contribution in [2.75, 3.05) is 6.61 Å². The largest absolute Gasteiger partial charge is 0.345 e. The van der Waals surface area contributed by atoms with Crippen LogP contribution in [0.3, 0.4) is 0 Å². The van der Waals surface area contributed by atoms with E-state index in [1.165, 1.54) is 6.26 Å². The molecule has 0 aromatic carbocycles. The number of rotatable bonds is 1. The summed E-state index contributed by atoms with van der Waals surface area (Å²) in [6, 6.07) is 0. The number of carbonyl (C=O) groups is 2. The molecular formula is C9H14N2O4. The fourth-order valence-electron chi connectivity index (χ4n) is 0.724. The summed E-state index contributed by atoms with van der Waals surface area (Å²) >= 11 is 0. The minimum Gasteiger partial charge on any atom is -0.345 e. The Bertz CT molecular complexity index is 304. The van der Waals surface area contributed by atoms with Crippen molar-refractivity contribution in [1.29, 1.82) is 0 Å². The lowest BCUT2D eigenvalue weighted by molar-refractivity contribution is -0.221. The van der Waals surface area contributed by atoms with Gasteiger partial charge in [0.15, 0.2) is 0 Å². The SMILES string of the molecule is CC(C)(C)C(=O)NNC(=O)C1=COOC1. The molecule has 0 spiro atoms. The maximum Gasteiger partial charge on any atom is 0.271 e. The van der Waals surface area contributed by atoms with E-state index < -0.39 is 11.3 Å². The molecule has 1 aliphatic heterocycles. The summed E-state index contributed by atoms with van der Waals surface area (Å²) < 4.78 is 0. The van der Waals surface area contributed by atoms with Crippen molar-refractivity contribution in [2.45, 2.75) is 20.8 Å². The third-order valence-corrected chi connectivity index (χ3v) is 1.74. The van der Waals surface area contributed by atoms with Crippen molar-refractivity contribution in [3.63, 3.8) is 0 Å². The highest BCUT2D eigenvalue weighted by Crippen LogP contribution is 2.11. The van der Waals surface area contributed by atoms with Gasteiger partial charge in [-0.2, -0.15) is 4.89 Å². The molecule has 0 radical (unpaired) electrons. The minimum atomic E-state index is -0.551. The summed E-state index contributed by atoms with van der Waals surface area (Å²) in [5.41, 5.74) is 4.35. The van der Waals surface area contributed by atoms with E-state index in [0.29, 0.717) is 5.57 Å². The summed E-state index contributed by atoms with van der Waals surface area (Å²) in [5, 5.41) is 0. The number of hydrogen-bond donors (Lipinski definition) is 2. The molecule has 0 aliphatic carbocycles. The van der Waals surface area contributed by atoms with E-state index >= 15 is 0 Å². The normalized spacial score (nSPS) is 15.3. The van der Waals surface area contributed by atoms with Gasteiger partial charge in [-0.15, -0.1) is 0 Å². The molecule has 84 valence electrons. The molecular weight excluding hydrogens is 200 g/mol. The summed E-state index contributed by atoms with van der Waals surface area (Å²) in [6.45, 7) is 5.32. The molecule has 2 N–H and O–H groups in total. The van der Waals surface area contributed by atoms with E-state index in [1.807, 2.05) is 0 Å². The first kappa shape index (κ1) is 11.5. The zero-order valence-electron chi connectivity index (χ0n) is 8.92. The molecule has 1 aliphatic rings. The molecule has 0 fully saturated rings. The second-order valence-corrected chi connectivity index (χ2v) is 4.16. The van der Waals surface area contributed by atoms with Crippen molar-refractivity contribution in [3.8, 4) is 0 Å². The molecule has 2 amide bonds. The van der Waals surface area contributed by atoms with Gasteiger partial charge >= 0.3 is 0 Å². The lowest BCUT2D eigenvalue weighted by Gasteiger charge is -2.17. The fraction of sp³-hybridized carbons (Fsp3) is 0.556. The quantitative estimate of drug-likeness (QED) is 0.476. The third-order valence-electron chi connectivity index (χ3n) is 1.74. The summed E-state index contributed by atoms with van der Waals surface area (Å²) in [6.07, 6.45) is 1.19. The second kappa shape index (κ2) is 4.31. The first-order valence-corrected chi connectivity index (χ1v) is 4.49. The minimum absolute atomic E-state index is 0.0806. The van der Waals surface area contributed by atoms with E-state index in [4.69, 9.17) is 0 Å². The highest BCUT2D eigenvalue weighted by atomic mass is 17.2. The Morgan fingerprint density at radius 1 is 1.33 bits per heavy atom. The highest BCUT2D eigenvalue weighted by molar-refractivity contribution is 5.95. The number of hydrazine groups is 1. The zero-order chi connectivity index (χ0) is 11.5. The van der Waals surface area contributed by atoms with Gasteiger partial charge in [0.05, 0.1) is 5.57 Å². The van der Waals surface area contributed by atoms with Crippen LogP contribution in [0.15, 0.2) is 11.8 Å². The van der Waals surface area contributed by atoms with Crippen LogP contribution in [-0.2, 0) is 19.4 Å². The van der Waals surface area contributed by atoms with Gasteiger partial charge in [-0.1, -0.05) is 20.8 Å². The first-order chi connectivity index (χ1) is 6.91. The van der Waals surface area contributed by atoms with Crippen LogP contribution in [0.1, 0.15) is 20.8 Å². The molecule has 0 bridgehead atoms. The highest BCUT2D eigenvalue weighted by Gasteiger charge is 2.22. The van der Waals surface area contributed by atoms with E-state index in [9.17, 15) is 9.59 Å². The van der Waals surface area contributed by atoms with Crippen LogP contribution in [0.25, 0.3) is 0 Å². The van der Waals surface area contributed by atoms with Crippen LogP contribution in [0.2, 0.25) is 0 Å². The van der Waals surface area contributed by atoms with Gasteiger partial charge in [-0.25, -0.2) is 0 Å². The molecule has 1 heterocycles. The summed E-state index contributed by atoms with van der Waals surface area (Å²) in [5.74, 6) is -0.707. The molecule has 0 aromatic rings. The van der Waals surface area contributed by atoms with Gasteiger partial charge < -0.3 is 4.89 Å². The maximum absolute atomic E-state index is 11.4. The van der Waals surface area contributed by atoms with Gasteiger partial charge in [0.25, 0.3) is 5.91 Å². The predicted octanol–water partition coefficient (Wildman–Crippen LogP) is 0.0256. The van der Waals surface area contributed by atoms with Crippen LogP contribution in [0.4, 0.5) is 0 Å². The van der Waals surface area contributed by atoms with Crippen molar-refractivity contribution in [3.05, 3.63) is 11.8 Å². The molecule has 1 rings (SSSR count). The van der Waals surface area contributed by atoms with Crippen molar-refractivity contribution >= 4 is 11.8 Å². The molecule has 0 saturated heterocycles. The lowest BCUT2D eigenvalue weighted by Crippen LogP contribution is -2.47. The molecule has 15 heavy (non-hydrogen) atoms. The Hall–Kier alpha value is -1.56. The Labute approximate surface area is 87.5 Å². The van der Waals surface area contributed by atoms with Crippen LogP contribution in [0.5, 0.6) is 0 Å². The van der Waals surface area contributed by atoms with Gasteiger partial charge in [-0.05, 0) is 0 Å². The predicted molar refractivity (Wildman–Crippen MR) is 50.9 cm³/mol. The van der Waals surface area contributed by atoms with Gasteiger partial charge in [0.1, 0.15) is 12.9 Å². The smallest absolute Gasteiger partial charge is 0.271 e. The summed E-state index contributed by atoms with van der Waals surface area (Å²) in [4.78, 5) is 31.6. The van der Waals surface area contributed by atoms with E-state index in [2.05, 4.69) is 20.6 Å². The number of amides is 2. The maximum atomic E-state index is 11.4. The van der Waals surface area contributed by atoms with Crippen molar-refractivity contribution < 1.29 is 19.4 Å². The lowest BCUT2D eigenvalue weighted by atomic mass is 9.96. The second-order valence-electron chi connectivity index (χ2n) is 4.16. The average molecular weight is 214 g/mol. The van der Waals surface area contributed by atoms with Crippen molar-refractivity contribution in [1.82, 2.24) is 10.9 Å². The Morgan fingerprint density at radius 2 is 2.00 bits per heavy atom. The molecule has 0 unspecified atom stereocenters. The van der Waals surface area contributed by atoms with E-state index in [-0.39, 0.29) is 12.5 Å². The molecule has 6 nitrogen and oxygen atoms in total. The van der Waals surface area contributed by atoms with Gasteiger partial charge in [0.2, 0.25) is 5.91 Å².